The molecule has 0 saturated heterocycles. The van der Waals surface area contributed by atoms with Crippen LogP contribution in [0.25, 0.3) is 10.9 Å². The number of nitrogens with zero attached hydrogens (tertiary/aromatic N) is 3. The molecule has 3 rings (SSSR count). The van der Waals surface area contributed by atoms with E-state index in [0.29, 0.717) is 0 Å². The topological polar surface area (TPSA) is 68.8 Å². The highest BCUT2D eigenvalue weighted by Gasteiger charge is 2.07. The zero-order valence-electron chi connectivity index (χ0n) is 12.3. The number of nitrogen functional groups attached to an aromatic ring is 1. The van der Waals surface area contributed by atoms with Crippen LogP contribution in [0.5, 0.6) is 0 Å². The average Bonchev–Trinajstić information content (AvgIpc) is 2.84. The van der Waals surface area contributed by atoms with Crippen LogP contribution in [0, 0.1) is 0 Å². The maximum absolute atomic E-state index is 5.81. The van der Waals surface area contributed by atoms with E-state index in [1.54, 1.807) is 6.20 Å². The zero-order chi connectivity index (χ0) is 14.8. The van der Waals surface area contributed by atoms with Gasteiger partial charge in [0.1, 0.15) is 0 Å². The van der Waals surface area contributed by atoms with Crippen molar-refractivity contribution in [1.82, 2.24) is 14.8 Å². The van der Waals surface area contributed by atoms with Crippen LogP contribution in [-0.2, 0) is 20.0 Å². The molecule has 0 spiro atoms. The molecule has 3 N–H and O–H groups in total. The Morgan fingerprint density at radius 3 is 2.95 bits per heavy atom. The highest BCUT2D eigenvalue weighted by molar-refractivity contribution is 5.92. The minimum Gasteiger partial charge on any atom is -0.399 e. The fourth-order valence-corrected chi connectivity index (χ4v) is 2.54. The molecule has 0 aliphatic rings. The summed E-state index contributed by atoms with van der Waals surface area (Å²) in [5, 5.41) is 9.02. The number of nitrogens with one attached hydrogen (secondary N) is 1. The molecule has 0 fully saturated rings. The Morgan fingerprint density at radius 1 is 1.29 bits per heavy atom. The maximum atomic E-state index is 5.81. The highest BCUT2D eigenvalue weighted by atomic mass is 15.3. The Balaban J connectivity index is 1.88. The van der Waals surface area contributed by atoms with Crippen molar-refractivity contribution in [2.75, 3.05) is 11.1 Å². The van der Waals surface area contributed by atoms with Gasteiger partial charge in [-0.1, -0.05) is 6.92 Å². The summed E-state index contributed by atoms with van der Waals surface area (Å²) in [4.78, 5) is 4.36. The molecule has 0 radical (unpaired) electrons. The molecule has 0 amide bonds. The Hall–Kier alpha value is -2.56. The van der Waals surface area contributed by atoms with Crippen molar-refractivity contribution in [3.8, 4) is 0 Å². The number of fused-ring (bicyclic) bond motifs is 1. The predicted molar refractivity (Wildman–Crippen MR) is 86.1 cm³/mol. The van der Waals surface area contributed by atoms with E-state index in [4.69, 9.17) is 5.73 Å². The van der Waals surface area contributed by atoms with Crippen LogP contribution >= 0.6 is 0 Å². The maximum Gasteiger partial charge on any atom is 0.0743 e. The van der Waals surface area contributed by atoms with Crippen LogP contribution in [0.3, 0.4) is 0 Å². The normalized spacial score (nSPS) is 11.0. The summed E-state index contributed by atoms with van der Waals surface area (Å²) in [6.07, 6.45) is 4.80. The number of hydrogen-bond donors (Lipinski definition) is 2. The van der Waals surface area contributed by atoms with Gasteiger partial charge < -0.3 is 11.1 Å². The molecular weight excluding hydrogens is 262 g/mol. The second kappa shape index (κ2) is 5.44. The number of benzene rings is 1. The molecule has 2 aromatic heterocycles. The molecule has 108 valence electrons. The zero-order valence-corrected chi connectivity index (χ0v) is 12.3. The van der Waals surface area contributed by atoms with Gasteiger partial charge in [0, 0.05) is 48.3 Å². The molecule has 3 aromatic rings. The molecule has 2 heterocycles. The van der Waals surface area contributed by atoms with Crippen LogP contribution in [0.2, 0.25) is 0 Å². The Labute approximate surface area is 123 Å². The summed E-state index contributed by atoms with van der Waals surface area (Å²) in [7, 11) is 1.95. The van der Waals surface area contributed by atoms with Gasteiger partial charge in [0.05, 0.1) is 11.2 Å². The lowest BCUT2D eigenvalue weighted by molar-refractivity contribution is 0.746. The molecule has 1 aromatic carbocycles. The van der Waals surface area contributed by atoms with E-state index in [1.165, 1.54) is 5.56 Å². The smallest absolute Gasteiger partial charge is 0.0743 e. The fourth-order valence-electron chi connectivity index (χ4n) is 2.54. The van der Waals surface area contributed by atoms with E-state index in [9.17, 15) is 0 Å². The van der Waals surface area contributed by atoms with Gasteiger partial charge in [-0.25, -0.2) is 0 Å². The van der Waals surface area contributed by atoms with Gasteiger partial charge >= 0.3 is 0 Å². The summed E-state index contributed by atoms with van der Waals surface area (Å²) in [6, 6.07) is 7.78. The summed E-state index contributed by atoms with van der Waals surface area (Å²) in [6.45, 7) is 2.87. The lowest BCUT2D eigenvalue weighted by Gasteiger charge is -2.09. The number of pyridine rings is 1. The SMILES string of the molecule is CCc1nn(C)cc1CNc1ccnc2cc(N)ccc12. The number of nitrogens with two attached hydrogens (primary N) is 1. The molecule has 21 heavy (non-hydrogen) atoms. The van der Waals surface area contributed by atoms with Crippen LogP contribution < -0.4 is 11.1 Å². The summed E-state index contributed by atoms with van der Waals surface area (Å²) < 4.78 is 1.86. The number of aromatic nitrogens is 3. The van der Waals surface area contributed by atoms with Gasteiger partial charge in [0.25, 0.3) is 0 Å². The minimum atomic E-state index is 0.729. The average molecular weight is 281 g/mol. The van der Waals surface area contributed by atoms with Crippen molar-refractivity contribution >= 4 is 22.3 Å². The number of rotatable bonds is 4. The summed E-state index contributed by atoms with van der Waals surface area (Å²) in [5.74, 6) is 0. The monoisotopic (exact) mass is 281 g/mol. The first-order valence-electron chi connectivity index (χ1n) is 7.07. The molecule has 5 heteroatoms. The third-order valence-electron chi connectivity index (χ3n) is 3.56. The molecular formula is C16H19N5. The van der Waals surface area contributed by atoms with E-state index in [1.807, 2.05) is 36.0 Å². The Bertz CT molecular complexity index is 775. The molecule has 0 atom stereocenters. The van der Waals surface area contributed by atoms with Crippen molar-refractivity contribution in [2.45, 2.75) is 19.9 Å². The Kier molecular flexibility index (Phi) is 3.48. The largest absolute Gasteiger partial charge is 0.399 e. The van der Waals surface area contributed by atoms with E-state index in [0.717, 1.165) is 40.9 Å². The van der Waals surface area contributed by atoms with Gasteiger partial charge in [-0.2, -0.15) is 5.10 Å². The predicted octanol–water partition coefficient (Wildman–Crippen LogP) is 2.73. The minimum absolute atomic E-state index is 0.729. The lowest BCUT2D eigenvalue weighted by Crippen LogP contribution is -2.02. The van der Waals surface area contributed by atoms with Gasteiger partial charge in [0.2, 0.25) is 0 Å². The number of hydrogen-bond acceptors (Lipinski definition) is 4. The second-order valence-electron chi connectivity index (χ2n) is 5.12. The third-order valence-corrected chi connectivity index (χ3v) is 3.56. The van der Waals surface area contributed by atoms with Crippen molar-refractivity contribution in [3.05, 3.63) is 47.9 Å². The van der Waals surface area contributed by atoms with Crippen molar-refractivity contribution in [3.63, 3.8) is 0 Å². The standard InChI is InChI=1S/C16H19N5/c1-3-14-11(10-21(2)20-14)9-19-15-6-7-18-16-8-12(17)4-5-13(15)16/h4-8,10H,3,9,17H2,1-2H3,(H,18,19). The molecule has 0 aliphatic carbocycles. The first-order valence-corrected chi connectivity index (χ1v) is 7.07. The van der Waals surface area contributed by atoms with Gasteiger partial charge in [-0.05, 0) is 30.7 Å². The highest BCUT2D eigenvalue weighted by Crippen LogP contribution is 2.24. The van der Waals surface area contributed by atoms with Crippen molar-refractivity contribution < 1.29 is 0 Å². The van der Waals surface area contributed by atoms with Crippen LogP contribution in [0.4, 0.5) is 11.4 Å². The molecule has 0 bridgehead atoms. The number of aryl methyl sites for hydroxylation is 2. The van der Waals surface area contributed by atoms with Crippen LogP contribution in [0.15, 0.2) is 36.7 Å². The van der Waals surface area contributed by atoms with Crippen molar-refractivity contribution in [2.24, 2.45) is 7.05 Å². The van der Waals surface area contributed by atoms with E-state index < -0.39 is 0 Å². The van der Waals surface area contributed by atoms with Gasteiger partial charge in [-0.3, -0.25) is 9.67 Å². The second-order valence-corrected chi connectivity index (χ2v) is 5.12. The van der Waals surface area contributed by atoms with E-state index >= 15 is 0 Å². The van der Waals surface area contributed by atoms with Gasteiger partial charge in [-0.15, -0.1) is 0 Å². The lowest BCUT2D eigenvalue weighted by atomic mass is 10.1. The van der Waals surface area contributed by atoms with Crippen LogP contribution in [0.1, 0.15) is 18.2 Å². The van der Waals surface area contributed by atoms with Crippen LogP contribution in [-0.4, -0.2) is 14.8 Å². The third kappa shape index (κ3) is 2.67. The molecule has 5 nitrogen and oxygen atoms in total. The Morgan fingerprint density at radius 2 is 2.14 bits per heavy atom. The first kappa shape index (κ1) is 13.4. The molecule has 0 saturated carbocycles. The summed E-state index contributed by atoms with van der Waals surface area (Å²) >= 11 is 0. The fraction of sp³-hybridized carbons (Fsp3) is 0.250. The van der Waals surface area contributed by atoms with Gasteiger partial charge in [0.15, 0.2) is 0 Å². The first-order chi connectivity index (χ1) is 10.2. The van der Waals surface area contributed by atoms with Crippen molar-refractivity contribution in [1.29, 1.82) is 0 Å². The number of anilines is 2. The summed E-state index contributed by atoms with van der Waals surface area (Å²) in [5.41, 5.74) is 10.9. The molecule has 0 unspecified atom stereocenters. The quantitative estimate of drug-likeness (QED) is 0.721. The molecule has 0 aliphatic heterocycles. The van der Waals surface area contributed by atoms with E-state index in [-0.39, 0.29) is 0 Å². The van der Waals surface area contributed by atoms with E-state index in [2.05, 4.69) is 28.5 Å².